The Bertz CT molecular complexity index is 508. The van der Waals surface area contributed by atoms with E-state index >= 15 is 0 Å². The van der Waals surface area contributed by atoms with Crippen LogP contribution >= 0.6 is 11.3 Å². The highest BCUT2D eigenvalue weighted by Crippen LogP contribution is 2.52. The second-order valence-electron chi connectivity index (χ2n) is 4.16. The molecule has 1 aromatic carbocycles. The number of hydrogen-bond acceptors (Lipinski definition) is 3. The monoisotopic (exact) mass is 231 g/mol. The van der Waals surface area contributed by atoms with Crippen LogP contribution < -0.4 is 0 Å². The van der Waals surface area contributed by atoms with E-state index in [4.69, 9.17) is 4.74 Å². The molecule has 0 amide bonds. The number of aromatic nitrogens is 1. The van der Waals surface area contributed by atoms with Crippen molar-refractivity contribution in [2.24, 2.45) is 0 Å². The van der Waals surface area contributed by atoms with Crippen molar-refractivity contribution in [2.45, 2.75) is 25.6 Å². The van der Waals surface area contributed by atoms with Crippen LogP contribution in [0.2, 0.25) is 0 Å². The van der Waals surface area contributed by atoms with E-state index in [1.807, 2.05) is 25.1 Å². The van der Waals surface area contributed by atoms with Crippen molar-refractivity contribution in [1.82, 2.24) is 4.98 Å². The highest BCUT2D eigenvalue weighted by Gasteiger charge is 2.58. The van der Waals surface area contributed by atoms with E-state index in [9.17, 15) is 0 Å². The average Bonchev–Trinajstić information content (AvgIpc) is 2.79. The predicted octanol–water partition coefficient (Wildman–Crippen LogP) is 3.11. The van der Waals surface area contributed by atoms with E-state index in [1.165, 1.54) is 5.56 Å². The molecule has 16 heavy (non-hydrogen) atoms. The van der Waals surface area contributed by atoms with Gasteiger partial charge in [0, 0.05) is 11.1 Å². The van der Waals surface area contributed by atoms with Crippen molar-refractivity contribution < 1.29 is 4.74 Å². The zero-order chi connectivity index (χ0) is 11.2. The largest absolute Gasteiger partial charge is 0.353 e. The molecule has 1 aliphatic rings. The molecule has 2 unspecified atom stereocenters. The van der Waals surface area contributed by atoms with Crippen molar-refractivity contribution in [3.05, 3.63) is 52.0 Å². The summed E-state index contributed by atoms with van der Waals surface area (Å²) in [6, 6.07) is 10.3. The third kappa shape index (κ3) is 1.32. The first-order chi connectivity index (χ1) is 7.73. The number of rotatable bonds is 2. The van der Waals surface area contributed by atoms with E-state index in [1.54, 1.807) is 11.3 Å². The third-order valence-electron chi connectivity index (χ3n) is 3.02. The van der Waals surface area contributed by atoms with E-state index in [2.05, 4.69) is 29.4 Å². The Hall–Kier alpha value is -1.19. The number of epoxide rings is 1. The quantitative estimate of drug-likeness (QED) is 0.742. The van der Waals surface area contributed by atoms with Gasteiger partial charge < -0.3 is 4.74 Å². The van der Waals surface area contributed by atoms with Gasteiger partial charge in [-0.2, -0.15) is 0 Å². The zero-order valence-electron chi connectivity index (χ0n) is 9.31. The average molecular weight is 231 g/mol. The molecule has 3 heteroatoms. The Labute approximate surface area is 98.9 Å². The second kappa shape index (κ2) is 3.40. The molecule has 2 atom stereocenters. The number of thiazole rings is 1. The summed E-state index contributed by atoms with van der Waals surface area (Å²) in [5, 5.41) is 3.15. The van der Waals surface area contributed by atoms with Crippen LogP contribution in [-0.2, 0) is 10.3 Å². The number of ether oxygens (including phenoxy) is 1. The lowest BCUT2D eigenvalue weighted by atomic mass is 9.97. The van der Waals surface area contributed by atoms with Crippen LogP contribution in [0, 0.1) is 6.92 Å². The molecule has 0 radical (unpaired) electrons. The molecule has 1 fully saturated rings. The van der Waals surface area contributed by atoms with Crippen molar-refractivity contribution >= 4 is 11.3 Å². The zero-order valence-corrected chi connectivity index (χ0v) is 10.1. The van der Waals surface area contributed by atoms with Gasteiger partial charge >= 0.3 is 0 Å². The van der Waals surface area contributed by atoms with E-state index in [0.717, 1.165) is 10.7 Å². The maximum atomic E-state index is 5.84. The van der Waals surface area contributed by atoms with Crippen LogP contribution in [0.4, 0.5) is 0 Å². The molecule has 2 heterocycles. The summed E-state index contributed by atoms with van der Waals surface area (Å²) < 4.78 is 5.84. The summed E-state index contributed by atoms with van der Waals surface area (Å²) in [6.07, 6.45) is 0.223. The molecule has 0 aliphatic carbocycles. The summed E-state index contributed by atoms with van der Waals surface area (Å²) >= 11 is 1.68. The summed E-state index contributed by atoms with van der Waals surface area (Å²) in [7, 11) is 0. The first-order valence-electron chi connectivity index (χ1n) is 5.39. The smallest absolute Gasteiger partial charge is 0.171 e. The minimum atomic E-state index is -0.278. The molecule has 82 valence electrons. The van der Waals surface area contributed by atoms with Gasteiger partial charge in [-0.1, -0.05) is 30.3 Å². The fraction of sp³-hybridized carbons (Fsp3) is 0.308. The lowest BCUT2D eigenvalue weighted by molar-refractivity contribution is 0.331. The van der Waals surface area contributed by atoms with Gasteiger partial charge in [0.25, 0.3) is 0 Å². The Morgan fingerprint density at radius 1 is 1.31 bits per heavy atom. The van der Waals surface area contributed by atoms with Crippen LogP contribution in [0.25, 0.3) is 0 Å². The highest BCUT2D eigenvalue weighted by atomic mass is 32.1. The third-order valence-corrected chi connectivity index (χ3v) is 4.09. The number of hydrogen-bond donors (Lipinski definition) is 0. The van der Waals surface area contributed by atoms with Crippen molar-refractivity contribution in [3.63, 3.8) is 0 Å². The lowest BCUT2D eigenvalue weighted by Crippen LogP contribution is -2.13. The number of aryl methyl sites for hydroxylation is 1. The molecule has 0 spiro atoms. The number of nitrogens with zero attached hydrogens (tertiary/aromatic N) is 1. The Kier molecular flexibility index (Phi) is 2.13. The van der Waals surface area contributed by atoms with Gasteiger partial charge in [0.15, 0.2) is 5.60 Å². The first kappa shape index (κ1) is 10.00. The van der Waals surface area contributed by atoms with Gasteiger partial charge in [-0.25, -0.2) is 4.98 Å². The van der Waals surface area contributed by atoms with Gasteiger partial charge in [-0.05, 0) is 19.4 Å². The first-order valence-corrected chi connectivity index (χ1v) is 6.27. The Morgan fingerprint density at radius 2 is 2.00 bits per heavy atom. The molecule has 0 saturated carbocycles. The molecule has 2 nitrogen and oxygen atoms in total. The van der Waals surface area contributed by atoms with Crippen LogP contribution in [0.15, 0.2) is 35.7 Å². The standard InChI is InChI=1S/C13H13NOS/c1-9-8-16-12(14-9)13(10(2)15-13)11-6-4-3-5-7-11/h3-8,10H,1-2H3. The topological polar surface area (TPSA) is 25.4 Å². The van der Waals surface area contributed by atoms with Gasteiger partial charge in [0.05, 0.1) is 6.10 Å². The molecule has 1 aromatic heterocycles. The minimum absolute atomic E-state index is 0.223. The van der Waals surface area contributed by atoms with Crippen molar-refractivity contribution in [1.29, 1.82) is 0 Å². The van der Waals surface area contributed by atoms with E-state index in [0.29, 0.717) is 0 Å². The maximum absolute atomic E-state index is 5.84. The van der Waals surface area contributed by atoms with Gasteiger partial charge in [0.2, 0.25) is 0 Å². The fourth-order valence-corrected chi connectivity index (χ4v) is 3.14. The molecular formula is C13H13NOS. The van der Waals surface area contributed by atoms with Crippen LogP contribution in [0.1, 0.15) is 23.2 Å². The molecule has 0 bridgehead atoms. The summed E-state index contributed by atoms with van der Waals surface area (Å²) in [5.74, 6) is 0. The van der Waals surface area contributed by atoms with Crippen LogP contribution in [0.5, 0.6) is 0 Å². The predicted molar refractivity (Wildman–Crippen MR) is 64.6 cm³/mol. The van der Waals surface area contributed by atoms with Gasteiger partial charge in [0.1, 0.15) is 5.01 Å². The molecule has 2 aromatic rings. The summed E-state index contributed by atoms with van der Waals surface area (Å²) in [4.78, 5) is 4.57. The Morgan fingerprint density at radius 3 is 2.50 bits per heavy atom. The lowest BCUT2D eigenvalue weighted by Gasteiger charge is -2.09. The molecule has 0 N–H and O–H groups in total. The van der Waals surface area contributed by atoms with E-state index in [-0.39, 0.29) is 11.7 Å². The van der Waals surface area contributed by atoms with Crippen molar-refractivity contribution in [2.75, 3.05) is 0 Å². The molecular weight excluding hydrogens is 218 g/mol. The second-order valence-corrected chi connectivity index (χ2v) is 5.01. The Balaban J connectivity index is 2.09. The fourth-order valence-electron chi connectivity index (χ4n) is 2.11. The van der Waals surface area contributed by atoms with E-state index < -0.39 is 0 Å². The minimum Gasteiger partial charge on any atom is -0.353 e. The molecule has 3 rings (SSSR count). The van der Waals surface area contributed by atoms with Crippen LogP contribution in [-0.4, -0.2) is 11.1 Å². The molecule has 1 aliphatic heterocycles. The SMILES string of the molecule is Cc1csc(C2(c3ccccc3)OC2C)n1. The van der Waals surface area contributed by atoms with Crippen LogP contribution in [0.3, 0.4) is 0 Å². The summed E-state index contributed by atoms with van der Waals surface area (Å²) in [5.41, 5.74) is 2.00. The van der Waals surface area contributed by atoms with Gasteiger partial charge in [-0.15, -0.1) is 11.3 Å². The molecule has 1 saturated heterocycles. The maximum Gasteiger partial charge on any atom is 0.171 e. The highest BCUT2D eigenvalue weighted by molar-refractivity contribution is 7.09. The normalized spacial score (nSPS) is 28.0. The van der Waals surface area contributed by atoms with Gasteiger partial charge in [-0.3, -0.25) is 0 Å². The number of benzene rings is 1. The summed E-state index contributed by atoms with van der Waals surface area (Å²) in [6.45, 7) is 4.12. The van der Waals surface area contributed by atoms with Crippen molar-refractivity contribution in [3.8, 4) is 0 Å².